The molecule has 0 unspecified atom stereocenters. The van der Waals surface area contributed by atoms with Gasteiger partial charge in [-0.05, 0) is 56.0 Å². The molecular formula is C23H27N5O2. The molecule has 30 heavy (non-hydrogen) atoms. The van der Waals surface area contributed by atoms with Crippen LogP contribution in [0.2, 0.25) is 0 Å². The van der Waals surface area contributed by atoms with Gasteiger partial charge < -0.3 is 14.7 Å². The number of rotatable bonds is 7. The number of benzene rings is 1. The lowest BCUT2D eigenvalue weighted by molar-refractivity contribution is -0.122. The molecule has 3 aromatic rings. The van der Waals surface area contributed by atoms with Crippen molar-refractivity contribution in [2.75, 3.05) is 18.0 Å². The third-order valence-electron chi connectivity index (χ3n) is 5.43. The molecule has 0 spiro atoms. The van der Waals surface area contributed by atoms with Crippen LogP contribution in [0.15, 0.2) is 53.3 Å². The lowest BCUT2D eigenvalue weighted by atomic mass is 10.0. The lowest BCUT2D eigenvalue weighted by Gasteiger charge is -2.34. The van der Waals surface area contributed by atoms with E-state index in [0.717, 1.165) is 31.5 Å². The Morgan fingerprint density at radius 3 is 2.77 bits per heavy atom. The Hall–Kier alpha value is -3.22. The average molecular weight is 406 g/mol. The minimum absolute atomic E-state index is 0.0953. The van der Waals surface area contributed by atoms with Crippen LogP contribution < -0.4 is 10.2 Å². The molecule has 2 aromatic heterocycles. The molecule has 156 valence electrons. The molecule has 1 aliphatic rings. The number of amides is 1. The Kier molecular flexibility index (Phi) is 6.37. The van der Waals surface area contributed by atoms with Crippen LogP contribution in [-0.4, -0.2) is 40.2 Å². The van der Waals surface area contributed by atoms with Gasteiger partial charge in [0.15, 0.2) is 0 Å². The van der Waals surface area contributed by atoms with Crippen LogP contribution in [0.1, 0.15) is 37.1 Å². The van der Waals surface area contributed by atoms with Crippen molar-refractivity contribution in [3.05, 3.63) is 60.2 Å². The number of hydrogen-bond donors (Lipinski definition) is 1. The van der Waals surface area contributed by atoms with Gasteiger partial charge in [0.1, 0.15) is 0 Å². The smallest absolute Gasteiger partial charge is 0.226 e. The number of aromatic nitrogens is 3. The van der Waals surface area contributed by atoms with E-state index in [9.17, 15) is 4.79 Å². The normalized spacial score (nSPS) is 14.6. The molecule has 1 N–H and O–H groups in total. The summed E-state index contributed by atoms with van der Waals surface area (Å²) in [7, 11) is 0. The highest BCUT2D eigenvalue weighted by molar-refractivity contribution is 5.76. The first-order valence-electron chi connectivity index (χ1n) is 10.5. The van der Waals surface area contributed by atoms with Gasteiger partial charge in [0.25, 0.3) is 0 Å². The summed E-state index contributed by atoms with van der Waals surface area (Å²) in [6.07, 6.45) is 7.08. The number of pyridine rings is 1. The third kappa shape index (κ3) is 5.23. The number of hydrogen-bond acceptors (Lipinski definition) is 6. The highest BCUT2D eigenvalue weighted by Gasteiger charge is 2.21. The molecule has 1 amide bonds. The second-order valence-corrected chi connectivity index (χ2v) is 7.77. The summed E-state index contributed by atoms with van der Waals surface area (Å²) < 4.78 is 5.29. The minimum atomic E-state index is 0.0953. The van der Waals surface area contributed by atoms with E-state index in [-0.39, 0.29) is 11.9 Å². The number of aryl methyl sites for hydroxylation is 2. The van der Waals surface area contributed by atoms with Crippen molar-refractivity contribution in [1.29, 1.82) is 0 Å². The largest absolute Gasteiger partial charge is 0.371 e. The van der Waals surface area contributed by atoms with E-state index in [0.29, 0.717) is 31.0 Å². The van der Waals surface area contributed by atoms with E-state index >= 15 is 0 Å². The second-order valence-electron chi connectivity index (χ2n) is 7.77. The zero-order chi connectivity index (χ0) is 20.8. The quantitative estimate of drug-likeness (QED) is 0.647. The second kappa shape index (κ2) is 9.52. The van der Waals surface area contributed by atoms with Crippen molar-refractivity contribution in [1.82, 2.24) is 20.4 Å². The summed E-state index contributed by atoms with van der Waals surface area (Å²) in [6, 6.07) is 12.5. The van der Waals surface area contributed by atoms with Gasteiger partial charge in [0, 0.05) is 55.6 Å². The monoisotopic (exact) mass is 405 g/mol. The first-order chi connectivity index (χ1) is 14.7. The first kappa shape index (κ1) is 20.1. The van der Waals surface area contributed by atoms with Gasteiger partial charge in [-0.1, -0.05) is 17.3 Å². The highest BCUT2D eigenvalue weighted by Crippen LogP contribution is 2.21. The average Bonchev–Trinajstić information content (AvgIpc) is 3.24. The van der Waals surface area contributed by atoms with Gasteiger partial charge in [0.2, 0.25) is 17.6 Å². The van der Waals surface area contributed by atoms with Gasteiger partial charge in [-0.3, -0.25) is 9.78 Å². The molecule has 1 fully saturated rings. The van der Waals surface area contributed by atoms with Crippen LogP contribution in [-0.2, 0) is 11.2 Å². The van der Waals surface area contributed by atoms with Crippen LogP contribution in [0, 0.1) is 6.92 Å². The number of nitrogens with one attached hydrogen (secondary N) is 1. The Morgan fingerprint density at radius 1 is 1.20 bits per heavy atom. The summed E-state index contributed by atoms with van der Waals surface area (Å²) in [4.78, 5) is 23.1. The lowest BCUT2D eigenvalue weighted by Crippen LogP contribution is -2.44. The summed E-state index contributed by atoms with van der Waals surface area (Å²) in [5.74, 6) is 1.20. The minimum Gasteiger partial charge on any atom is -0.371 e. The number of nitrogens with zero attached hydrogens (tertiary/aromatic N) is 4. The fraction of sp³-hybridized carbons (Fsp3) is 0.391. The predicted octanol–water partition coefficient (Wildman–Crippen LogP) is 3.55. The summed E-state index contributed by atoms with van der Waals surface area (Å²) >= 11 is 0. The van der Waals surface area contributed by atoms with Crippen LogP contribution in [0.4, 0.5) is 5.69 Å². The van der Waals surface area contributed by atoms with Crippen LogP contribution >= 0.6 is 0 Å². The predicted molar refractivity (Wildman–Crippen MR) is 115 cm³/mol. The summed E-state index contributed by atoms with van der Waals surface area (Å²) in [6.45, 7) is 4.05. The zero-order valence-corrected chi connectivity index (χ0v) is 17.3. The molecule has 1 saturated heterocycles. The van der Waals surface area contributed by atoms with E-state index in [2.05, 4.69) is 56.5 Å². The maximum atomic E-state index is 12.3. The molecule has 1 aliphatic heterocycles. The van der Waals surface area contributed by atoms with Crippen molar-refractivity contribution in [3.63, 3.8) is 0 Å². The van der Waals surface area contributed by atoms with E-state index < -0.39 is 0 Å². The third-order valence-corrected chi connectivity index (χ3v) is 5.43. The van der Waals surface area contributed by atoms with Crippen LogP contribution in [0.5, 0.6) is 0 Å². The van der Waals surface area contributed by atoms with Crippen molar-refractivity contribution >= 4 is 11.6 Å². The molecule has 0 atom stereocenters. The molecule has 3 heterocycles. The molecule has 0 aliphatic carbocycles. The van der Waals surface area contributed by atoms with Crippen molar-refractivity contribution in [2.45, 2.75) is 45.1 Å². The summed E-state index contributed by atoms with van der Waals surface area (Å²) in [5.41, 5.74) is 3.41. The van der Waals surface area contributed by atoms with Gasteiger partial charge in [-0.15, -0.1) is 0 Å². The zero-order valence-electron chi connectivity index (χ0n) is 17.3. The Labute approximate surface area is 176 Å². The molecule has 0 saturated carbocycles. The fourth-order valence-corrected chi connectivity index (χ4v) is 3.78. The fourth-order valence-electron chi connectivity index (χ4n) is 3.78. The molecule has 4 rings (SSSR count). The van der Waals surface area contributed by atoms with Crippen molar-refractivity contribution in [2.24, 2.45) is 0 Å². The number of anilines is 1. The van der Waals surface area contributed by atoms with E-state index in [1.807, 2.05) is 12.1 Å². The number of carbonyl (C=O) groups excluding carboxylic acids is 1. The Bertz CT molecular complexity index is 964. The molecule has 0 radical (unpaired) electrons. The summed E-state index contributed by atoms with van der Waals surface area (Å²) in [5, 5.41) is 7.18. The Balaban J connectivity index is 1.18. The molecular weight excluding hydrogens is 378 g/mol. The topological polar surface area (TPSA) is 84.2 Å². The van der Waals surface area contributed by atoms with Crippen LogP contribution in [0.3, 0.4) is 0 Å². The van der Waals surface area contributed by atoms with Gasteiger partial charge in [-0.25, -0.2) is 0 Å². The van der Waals surface area contributed by atoms with Crippen LogP contribution in [0.25, 0.3) is 11.4 Å². The Morgan fingerprint density at radius 2 is 2.00 bits per heavy atom. The van der Waals surface area contributed by atoms with Gasteiger partial charge >= 0.3 is 0 Å². The standard InChI is InChI=1S/C23H27N5O2/c1-17-4-2-5-20(16-17)28-14-10-19(11-15-28)25-21(29)6-3-7-22-26-23(27-30-22)18-8-12-24-13-9-18/h2,4-5,8-9,12-13,16,19H,3,6-7,10-11,14-15H2,1H3,(H,25,29). The van der Waals surface area contributed by atoms with Gasteiger partial charge in [-0.2, -0.15) is 4.98 Å². The maximum Gasteiger partial charge on any atom is 0.226 e. The SMILES string of the molecule is Cc1cccc(N2CCC(NC(=O)CCCc3nc(-c4ccncc4)no3)CC2)c1. The van der Waals surface area contributed by atoms with Crippen molar-refractivity contribution < 1.29 is 9.32 Å². The molecule has 7 nitrogen and oxygen atoms in total. The van der Waals surface area contributed by atoms with Gasteiger partial charge in [0.05, 0.1) is 0 Å². The van der Waals surface area contributed by atoms with E-state index in [1.165, 1.54) is 11.3 Å². The molecule has 0 bridgehead atoms. The highest BCUT2D eigenvalue weighted by atomic mass is 16.5. The number of carbonyl (C=O) groups is 1. The van der Waals surface area contributed by atoms with Crippen molar-refractivity contribution in [3.8, 4) is 11.4 Å². The maximum absolute atomic E-state index is 12.3. The molecule has 7 heteroatoms. The number of piperidine rings is 1. The van der Waals surface area contributed by atoms with E-state index in [4.69, 9.17) is 4.52 Å². The first-order valence-corrected chi connectivity index (χ1v) is 10.5. The van der Waals surface area contributed by atoms with E-state index in [1.54, 1.807) is 12.4 Å². The molecule has 1 aromatic carbocycles.